The number of aliphatic imine (C=N–C) groups is 3. The van der Waals surface area contributed by atoms with Crippen LogP contribution in [0.25, 0.3) is 0 Å². The number of ketones is 1. The zero-order chi connectivity index (χ0) is 29.0. The summed E-state index contributed by atoms with van der Waals surface area (Å²) in [5.74, 6) is -2.21. The van der Waals surface area contributed by atoms with Crippen molar-refractivity contribution in [3.8, 4) is 5.75 Å². The molecular formula is C23H21F2N8O6S+. The number of para-hydroxylation sites is 1. The average Bonchev–Trinajstić information content (AvgIpc) is 3.41. The van der Waals surface area contributed by atoms with E-state index in [1.165, 1.54) is 59.8 Å². The highest BCUT2D eigenvalue weighted by Gasteiger charge is 2.53. The molecule has 1 saturated heterocycles. The molecule has 4 heterocycles. The van der Waals surface area contributed by atoms with Crippen LogP contribution in [0, 0.1) is 0 Å². The number of hydrogen-bond donors (Lipinski definition) is 0. The topological polar surface area (TPSA) is 148 Å². The number of carbonyl (C=O) groups is 5. The smallest absolute Gasteiger partial charge is 0.387 e. The molecule has 6 amide bonds. The third kappa shape index (κ3) is 4.31. The Hall–Kier alpha value is -4.54. The molecule has 1 fully saturated rings. The number of amides is 6. The van der Waals surface area contributed by atoms with E-state index in [0.717, 1.165) is 21.6 Å². The molecule has 0 aromatic heterocycles. The largest absolute Gasteiger partial charge is 0.434 e. The minimum Gasteiger partial charge on any atom is -0.434 e. The van der Waals surface area contributed by atoms with Gasteiger partial charge in [0.15, 0.2) is 22.8 Å². The van der Waals surface area contributed by atoms with Crippen LogP contribution in [-0.4, -0.2) is 129 Å². The molecule has 4 aliphatic heterocycles. The molecule has 0 aliphatic carbocycles. The maximum absolute atomic E-state index is 13.3. The van der Waals surface area contributed by atoms with Gasteiger partial charge in [-0.2, -0.15) is 13.8 Å². The molecule has 1 aromatic carbocycles. The van der Waals surface area contributed by atoms with E-state index in [0.29, 0.717) is 0 Å². The van der Waals surface area contributed by atoms with Gasteiger partial charge in [-0.1, -0.05) is 12.1 Å². The first-order chi connectivity index (χ1) is 18.9. The summed E-state index contributed by atoms with van der Waals surface area (Å²) in [6, 6.07) is 1.84. The summed E-state index contributed by atoms with van der Waals surface area (Å²) in [7, 11) is 5.63. The van der Waals surface area contributed by atoms with Crippen LogP contribution in [0.4, 0.5) is 18.4 Å². The van der Waals surface area contributed by atoms with Crippen LogP contribution >= 0.6 is 11.8 Å². The number of amidine groups is 4. The van der Waals surface area contributed by atoms with Crippen molar-refractivity contribution in [1.29, 1.82) is 0 Å². The highest BCUT2D eigenvalue weighted by atomic mass is 32.2. The van der Waals surface area contributed by atoms with Crippen LogP contribution in [0.15, 0.2) is 39.2 Å². The number of Topliss-reactive ketones (excluding diaryl/α,β-unsaturated/α-hetero) is 1. The van der Waals surface area contributed by atoms with Crippen LogP contribution < -0.4 is 4.74 Å². The molecule has 5 rings (SSSR count). The lowest BCUT2D eigenvalue weighted by Gasteiger charge is -2.30. The summed E-state index contributed by atoms with van der Waals surface area (Å²) in [6.45, 7) is -3.69. The molecule has 40 heavy (non-hydrogen) atoms. The number of rotatable bonds is 5. The Labute approximate surface area is 229 Å². The van der Waals surface area contributed by atoms with Gasteiger partial charge in [0.25, 0.3) is 23.7 Å². The van der Waals surface area contributed by atoms with E-state index in [4.69, 9.17) is 0 Å². The number of imide groups is 2. The van der Waals surface area contributed by atoms with Crippen LogP contribution in [0.3, 0.4) is 0 Å². The van der Waals surface area contributed by atoms with Crippen molar-refractivity contribution in [2.45, 2.75) is 18.7 Å². The highest BCUT2D eigenvalue weighted by Crippen LogP contribution is 2.30. The SMILES string of the molecule is CN1C(=O)N=C2N=C(SC3=[N+](C)C4C(=O)N(C)C(=O)N(C)C4=N3)N(CC(=O)c3ccccc3OC(F)F)C2C1=O. The number of ether oxygens (including phenoxy) is 1. The molecule has 0 saturated carbocycles. The summed E-state index contributed by atoms with van der Waals surface area (Å²) < 4.78 is 31.9. The molecule has 208 valence electrons. The molecule has 17 heteroatoms. The Kier molecular flexibility index (Phi) is 6.69. The third-order valence-corrected chi connectivity index (χ3v) is 7.67. The maximum Gasteiger partial charge on any atom is 0.387 e. The number of urea groups is 2. The summed E-state index contributed by atoms with van der Waals surface area (Å²) in [4.78, 5) is 80.7. The van der Waals surface area contributed by atoms with E-state index < -0.39 is 54.9 Å². The van der Waals surface area contributed by atoms with Crippen LogP contribution in [0.5, 0.6) is 5.75 Å². The highest BCUT2D eigenvalue weighted by molar-refractivity contribution is 8.26. The maximum atomic E-state index is 13.3. The van der Waals surface area contributed by atoms with Crippen molar-refractivity contribution in [3.05, 3.63) is 29.8 Å². The molecular weight excluding hydrogens is 554 g/mol. The molecule has 0 radical (unpaired) electrons. The standard InChI is InChI=1S/C23H21F2N8O6S/c1-29-14-16(30(2)23(38)32(4)18(14)36)28-21(29)40-22-27-15-13(17(35)31(3)20(37)26-15)33(22)9-11(34)10-7-5-6-8-12(10)39-19(24)25/h5-8,13-14,19H,9H2,1-4H3/q+1. The van der Waals surface area contributed by atoms with Crippen LogP contribution in [-0.2, 0) is 9.59 Å². The van der Waals surface area contributed by atoms with Crippen molar-refractivity contribution in [3.63, 3.8) is 0 Å². The van der Waals surface area contributed by atoms with Crippen molar-refractivity contribution < 1.29 is 42.1 Å². The Morgan fingerprint density at radius 2 is 1.73 bits per heavy atom. The molecule has 14 nitrogen and oxygen atoms in total. The first-order valence-corrected chi connectivity index (χ1v) is 12.5. The molecule has 0 spiro atoms. The first kappa shape index (κ1) is 27.0. The summed E-state index contributed by atoms with van der Waals surface area (Å²) >= 11 is 0.882. The fraction of sp³-hybridized carbons (Fsp3) is 0.348. The number of nitrogens with zero attached hydrogens (tertiary/aromatic N) is 8. The Morgan fingerprint density at radius 1 is 1.02 bits per heavy atom. The van der Waals surface area contributed by atoms with E-state index in [1.807, 2.05) is 0 Å². The van der Waals surface area contributed by atoms with Gasteiger partial charge in [0.2, 0.25) is 0 Å². The van der Waals surface area contributed by atoms with E-state index in [9.17, 15) is 32.8 Å². The van der Waals surface area contributed by atoms with Crippen molar-refractivity contribution in [1.82, 2.24) is 19.6 Å². The van der Waals surface area contributed by atoms with E-state index in [-0.39, 0.29) is 33.3 Å². The van der Waals surface area contributed by atoms with Gasteiger partial charge in [-0.25, -0.2) is 19.2 Å². The fourth-order valence-electron chi connectivity index (χ4n) is 4.46. The van der Waals surface area contributed by atoms with Crippen molar-refractivity contribution >= 4 is 63.4 Å². The number of fused-ring (bicyclic) bond motifs is 2. The molecule has 0 bridgehead atoms. The summed E-state index contributed by atoms with van der Waals surface area (Å²) in [5.41, 5.74) is -0.157. The number of alkyl halides is 2. The van der Waals surface area contributed by atoms with Gasteiger partial charge in [-0.05, 0) is 17.1 Å². The number of hydrogen-bond acceptors (Lipinski definition) is 10. The normalized spacial score (nSPS) is 22.6. The number of thioether (sulfide) groups is 1. The predicted octanol–water partition coefficient (Wildman–Crippen LogP) is 0.537. The first-order valence-electron chi connectivity index (χ1n) is 11.6. The minimum absolute atomic E-state index is 0.0421. The number of halogens is 2. The zero-order valence-corrected chi connectivity index (χ0v) is 22.3. The zero-order valence-electron chi connectivity index (χ0n) is 21.4. The summed E-state index contributed by atoms with van der Waals surface area (Å²) in [6.07, 6.45) is 0. The van der Waals surface area contributed by atoms with Gasteiger partial charge in [0.05, 0.1) is 19.2 Å². The third-order valence-electron chi connectivity index (χ3n) is 6.60. The number of likely N-dealkylation sites (N-methyl/N-ethyl adjacent to an activating group) is 4. The van der Waals surface area contributed by atoms with Gasteiger partial charge in [0.1, 0.15) is 5.75 Å². The molecule has 2 unspecified atom stereocenters. The second-order valence-electron chi connectivity index (χ2n) is 8.98. The van der Waals surface area contributed by atoms with E-state index in [1.54, 1.807) is 7.05 Å². The Bertz CT molecular complexity index is 1510. The van der Waals surface area contributed by atoms with Gasteiger partial charge in [-0.15, -0.1) is 0 Å². The average molecular weight is 576 g/mol. The number of carbonyl (C=O) groups excluding carboxylic acids is 5. The second kappa shape index (κ2) is 9.89. The quantitative estimate of drug-likeness (QED) is 0.365. The molecule has 2 atom stereocenters. The van der Waals surface area contributed by atoms with Crippen molar-refractivity contribution in [2.24, 2.45) is 15.0 Å². The van der Waals surface area contributed by atoms with Crippen LogP contribution in [0.1, 0.15) is 10.4 Å². The molecule has 4 aliphatic rings. The second-order valence-corrected chi connectivity index (χ2v) is 9.91. The lowest BCUT2D eigenvalue weighted by molar-refractivity contribution is -0.502. The lowest BCUT2D eigenvalue weighted by atomic mass is 10.1. The lowest BCUT2D eigenvalue weighted by Crippen LogP contribution is -2.61. The van der Waals surface area contributed by atoms with Gasteiger partial charge < -0.3 is 9.64 Å². The fourth-order valence-corrected chi connectivity index (χ4v) is 5.44. The van der Waals surface area contributed by atoms with E-state index >= 15 is 0 Å². The monoisotopic (exact) mass is 575 g/mol. The Morgan fingerprint density at radius 3 is 2.42 bits per heavy atom. The molecule has 1 aromatic rings. The van der Waals surface area contributed by atoms with E-state index in [2.05, 4.69) is 19.7 Å². The summed E-state index contributed by atoms with van der Waals surface area (Å²) in [5, 5.41) is 0.257. The minimum atomic E-state index is -3.17. The Balaban J connectivity index is 1.50. The van der Waals surface area contributed by atoms with Crippen LogP contribution in [0.2, 0.25) is 0 Å². The van der Waals surface area contributed by atoms with Gasteiger partial charge in [0, 0.05) is 32.9 Å². The molecule has 0 N–H and O–H groups in total. The predicted molar refractivity (Wildman–Crippen MR) is 137 cm³/mol. The van der Waals surface area contributed by atoms with Gasteiger partial charge >= 0.3 is 23.8 Å². The van der Waals surface area contributed by atoms with Crippen molar-refractivity contribution in [2.75, 3.05) is 34.7 Å². The number of benzene rings is 1. The van der Waals surface area contributed by atoms with Gasteiger partial charge in [-0.3, -0.25) is 29.1 Å².